The fourth-order valence-corrected chi connectivity index (χ4v) is 2.00. The van der Waals surface area contributed by atoms with E-state index in [0.717, 1.165) is 5.39 Å². The van der Waals surface area contributed by atoms with Gasteiger partial charge in [0, 0.05) is 23.2 Å². The molecule has 0 amide bonds. The summed E-state index contributed by atoms with van der Waals surface area (Å²) in [6.45, 7) is 0. The lowest BCUT2D eigenvalue weighted by Crippen LogP contribution is -1.90. The summed E-state index contributed by atoms with van der Waals surface area (Å²) in [4.78, 5) is 4.36. The summed E-state index contributed by atoms with van der Waals surface area (Å²) in [6, 6.07) is 13.9. The molecule has 0 atom stereocenters. The molecule has 2 aromatic carbocycles. The normalized spacial score (nSPS) is 10.5. The summed E-state index contributed by atoms with van der Waals surface area (Å²) in [5.74, 6) is 1.55. The Morgan fingerprint density at radius 1 is 1.05 bits per heavy atom. The van der Waals surface area contributed by atoms with E-state index in [4.69, 9.17) is 15.2 Å². The fraction of sp³-hybridized carbons (Fsp3) is 0.0625. The quantitative estimate of drug-likeness (QED) is 0.720. The topological polar surface area (TPSA) is 77.6 Å². The van der Waals surface area contributed by atoms with Crippen molar-refractivity contribution in [2.45, 2.75) is 0 Å². The van der Waals surface area contributed by atoms with Crippen molar-refractivity contribution < 1.29 is 14.6 Å². The van der Waals surface area contributed by atoms with Gasteiger partial charge in [0.25, 0.3) is 0 Å². The lowest BCUT2D eigenvalue weighted by atomic mass is 10.2. The smallest absolute Gasteiger partial charge is 0.219 e. The maximum absolute atomic E-state index is 9.80. The van der Waals surface area contributed by atoms with Crippen LogP contribution in [0.15, 0.2) is 48.5 Å². The van der Waals surface area contributed by atoms with Gasteiger partial charge in [0.05, 0.1) is 12.6 Å². The third-order valence-corrected chi connectivity index (χ3v) is 3.07. The molecule has 3 aromatic rings. The van der Waals surface area contributed by atoms with Gasteiger partial charge in [-0.1, -0.05) is 0 Å². The van der Waals surface area contributed by atoms with Gasteiger partial charge in [-0.3, -0.25) is 0 Å². The molecule has 0 radical (unpaired) electrons. The Hall–Kier alpha value is -2.95. The molecule has 0 aliphatic carbocycles. The molecule has 21 heavy (non-hydrogen) atoms. The Labute approximate surface area is 121 Å². The monoisotopic (exact) mass is 282 g/mol. The van der Waals surface area contributed by atoms with E-state index in [2.05, 4.69) is 4.98 Å². The lowest BCUT2D eigenvalue weighted by molar-refractivity contribution is 0.374. The number of rotatable bonds is 3. The molecule has 0 aliphatic heterocycles. The number of pyridine rings is 1. The second-order valence-electron chi connectivity index (χ2n) is 4.54. The van der Waals surface area contributed by atoms with E-state index >= 15 is 0 Å². The molecule has 0 saturated carbocycles. The maximum atomic E-state index is 9.80. The molecule has 0 unspecified atom stereocenters. The van der Waals surface area contributed by atoms with Crippen molar-refractivity contribution in [2.75, 3.05) is 12.8 Å². The number of anilines is 1. The van der Waals surface area contributed by atoms with Crippen molar-refractivity contribution in [3.8, 4) is 23.1 Å². The number of hydrogen-bond donors (Lipinski definition) is 2. The first-order valence-electron chi connectivity index (χ1n) is 6.37. The Bertz CT molecular complexity index is 785. The zero-order valence-electron chi connectivity index (χ0n) is 11.4. The van der Waals surface area contributed by atoms with Gasteiger partial charge >= 0.3 is 0 Å². The predicted octanol–water partition coefficient (Wildman–Crippen LogP) is 3.32. The van der Waals surface area contributed by atoms with Crippen LogP contribution in [0.3, 0.4) is 0 Å². The van der Waals surface area contributed by atoms with Gasteiger partial charge in [-0.05, 0) is 36.4 Å². The summed E-state index contributed by atoms with van der Waals surface area (Å²) in [7, 11) is 1.51. The number of ether oxygens (including phenoxy) is 2. The van der Waals surface area contributed by atoms with Crippen LogP contribution in [-0.2, 0) is 0 Å². The minimum Gasteiger partial charge on any atom is -0.504 e. The van der Waals surface area contributed by atoms with Crippen molar-refractivity contribution in [3.05, 3.63) is 48.5 Å². The van der Waals surface area contributed by atoms with Gasteiger partial charge in [0.15, 0.2) is 11.5 Å². The van der Waals surface area contributed by atoms with Crippen LogP contribution in [0.25, 0.3) is 10.9 Å². The number of aromatic nitrogens is 1. The molecule has 5 nitrogen and oxygen atoms in total. The number of phenols is 1. The Balaban J connectivity index is 1.95. The molecule has 3 N–H and O–H groups in total. The summed E-state index contributed by atoms with van der Waals surface area (Å²) in [5.41, 5.74) is 6.93. The maximum Gasteiger partial charge on any atom is 0.219 e. The van der Waals surface area contributed by atoms with Crippen molar-refractivity contribution in [3.63, 3.8) is 0 Å². The first kappa shape index (κ1) is 13.1. The molecule has 106 valence electrons. The first-order chi connectivity index (χ1) is 10.2. The van der Waals surface area contributed by atoms with Crippen LogP contribution < -0.4 is 15.2 Å². The molecule has 0 bridgehead atoms. The number of fused-ring (bicyclic) bond motifs is 1. The highest BCUT2D eigenvalue weighted by molar-refractivity contribution is 5.83. The number of nitrogen functional groups attached to an aromatic ring is 1. The Kier molecular flexibility index (Phi) is 3.23. The zero-order chi connectivity index (χ0) is 14.8. The Morgan fingerprint density at radius 3 is 2.52 bits per heavy atom. The van der Waals surface area contributed by atoms with Crippen LogP contribution in [-0.4, -0.2) is 17.2 Å². The largest absolute Gasteiger partial charge is 0.504 e. The van der Waals surface area contributed by atoms with Gasteiger partial charge < -0.3 is 20.3 Å². The van der Waals surface area contributed by atoms with Crippen molar-refractivity contribution >= 4 is 16.6 Å². The van der Waals surface area contributed by atoms with Gasteiger partial charge in [0.2, 0.25) is 5.88 Å². The standard InChI is InChI=1S/C16H14N2O3/c1-20-15-8-10-2-7-16(18-13(10)9-14(15)19)21-12-5-3-11(17)4-6-12/h2-9,19H,17H2,1H3. The van der Waals surface area contributed by atoms with E-state index in [9.17, 15) is 5.11 Å². The van der Waals surface area contributed by atoms with Crippen molar-refractivity contribution in [1.82, 2.24) is 4.98 Å². The molecule has 0 saturated heterocycles. The predicted molar refractivity (Wildman–Crippen MR) is 80.9 cm³/mol. The number of hydrogen-bond acceptors (Lipinski definition) is 5. The van der Waals surface area contributed by atoms with Crippen LogP contribution >= 0.6 is 0 Å². The van der Waals surface area contributed by atoms with E-state index in [1.54, 1.807) is 42.5 Å². The molecule has 0 aliphatic rings. The molecule has 0 spiro atoms. The second-order valence-corrected chi connectivity index (χ2v) is 4.54. The molecule has 1 aromatic heterocycles. The minimum absolute atomic E-state index is 0.0436. The zero-order valence-corrected chi connectivity index (χ0v) is 11.4. The molecular formula is C16H14N2O3. The molecule has 3 rings (SSSR count). The van der Waals surface area contributed by atoms with E-state index in [1.807, 2.05) is 6.07 Å². The molecule has 0 fully saturated rings. The summed E-state index contributed by atoms with van der Waals surface area (Å²) in [5, 5.41) is 10.7. The van der Waals surface area contributed by atoms with Crippen molar-refractivity contribution in [1.29, 1.82) is 0 Å². The summed E-state index contributed by atoms with van der Waals surface area (Å²) in [6.07, 6.45) is 0. The summed E-state index contributed by atoms with van der Waals surface area (Å²) >= 11 is 0. The highest BCUT2D eigenvalue weighted by Crippen LogP contribution is 2.32. The van der Waals surface area contributed by atoms with E-state index in [0.29, 0.717) is 28.6 Å². The number of phenolic OH excluding ortho intramolecular Hbond substituents is 1. The molecular weight excluding hydrogens is 268 g/mol. The average molecular weight is 282 g/mol. The van der Waals surface area contributed by atoms with Gasteiger partial charge in [-0.15, -0.1) is 0 Å². The number of aromatic hydroxyl groups is 1. The van der Waals surface area contributed by atoms with E-state index in [1.165, 1.54) is 7.11 Å². The highest BCUT2D eigenvalue weighted by Gasteiger charge is 2.07. The van der Waals surface area contributed by atoms with E-state index in [-0.39, 0.29) is 5.75 Å². The Morgan fingerprint density at radius 2 is 1.81 bits per heavy atom. The minimum atomic E-state index is 0.0436. The third kappa shape index (κ3) is 2.67. The molecule has 5 heteroatoms. The highest BCUT2D eigenvalue weighted by atomic mass is 16.5. The van der Waals surface area contributed by atoms with Crippen molar-refractivity contribution in [2.24, 2.45) is 0 Å². The SMILES string of the molecule is COc1cc2ccc(Oc3ccc(N)cc3)nc2cc1O. The van der Waals surface area contributed by atoms with Gasteiger partial charge in [-0.2, -0.15) is 0 Å². The number of benzene rings is 2. The fourth-order valence-electron chi connectivity index (χ4n) is 2.00. The molecule has 1 heterocycles. The second kappa shape index (κ2) is 5.20. The van der Waals surface area contributed by atoms with Crippen LogP contribution in [0.4, 0.5) is 5.69 Å². The summed E-state index contributed by atoms with van der Waals surface area (Å²) < 4.78 is 10.7. The van der Waals surface area contributed by atoms with Crippen LogP contribution in [0, 0.1) is 0 Å². The first-order valence-corrected chi connectivity index (χ1v) is 6.37. The third-order valence-electron chi connectivity index (χ3n) is 3.07. The van der Waals surface area contributed by atoms with Crippen LogP contribution in [0.5, 0.6) is 23.1 Å². The number of nitrogens with zero attached hydrogens (tertiary/aromatic N) is 1. The average Bonchev–Trinajstić information content (AvgIpc) is 2.49. The van der Waals surface area contributed by atoms with E-state index < -0.39 is 0 Å². The number of nitrogens with two attached hydrogens (primary N) is 1. The van der Waals surface area contributed by atoms with Crippen LogP contribution in [0.1, 0.15) is 0 Å². The lowest BCUT2D eigenvalue weighted by Gasteiger charge is -2.08. The van der Waals surface area contributed by atoms with Crippen LogP contribution in [0.2, 0.25) is 0 Å². The number of methoxy groups -OCH3 is 1. The van der Waals surface area contributed by atoms with Gasteiger partial charge in [0.1, 0.15) is 5.75 Å². The van der Waals surface area contributed by atoms with Gasteiger partial charge in [-0.25, -0.2) is 4.98 Å².